The van der Waals surface area contributed by atoms with Gasteiger partial charge in [0.25, 0.3) is 0 Å². The Morgan fingerprint density at radius 3 is 2.96 bits per heavy atom. The van der Waals surface area contributed by atoms with E-state index in [1.807, 2.05) is 58.9 Å². The van der Waals surface area contributed by atoms with Crippen molar-refractivity contribution in [2.75, 3.05) is 33.8 Å². The Hall–Kier alpha value is -2.80. The standard InChI is InChI=1S/C19H23ClN6O/c1-21-19(25(2)12-13-27-16-7-5-6-15(20)14-16)22-10-9-18-24-23-17-8-3-4-11-26(17)18/h3-8,11,14H,9-10,12-13H2,1-2H3,(H,21,22). The summed E-state index contributed by atoms with van der Waals surface area (Å²) < 4.78 is 7.73. The maximum absolute atomic E-state index is 5.96. The molecule has 1 aromatic carbocycles. The molecule has 3 rings (SSSR count). The van der Waals surface area contributed by atoms with Gasteiger partial charge in [0.2, 0.25) is 0 Å². The third kappa shape index (κ3) is 5.10. The molecule has 0 unspecified atom stereocenters. The molecule has 0 amide bonds. The molecule has 0 atom stereocenters. The lowest BCUT2D eigenvalue weighted by molar-refractivity contribution is 0.281. The summed E-state index contributed by atoms with van der Waals surface area (Å²) in [6.45, 7) is 1.94. The topological polar surface area (TPSA) is 67.0 Å². The Bertz CT molecular complexity index is 910. The lowest BCUT2D eigenvalue weighted by atomic mass is 10.3. The smallest absolute Gasteiger partial charge is 0.193 e. The van der Waals surface area contributed by atoms with Gasteiger partial charge in [-0.25, -0.2) is 0 Å². The summed E-state index contributed by atoms with van der Waals surface area (Å²) in [6.07, 6.45) is 2.72. The van der Waals surface area contributed by atoms with Crippen molar-refractivity contribution in [3.8, 4) is 5.75 Å². The summed E-state index contributed by atoms with van der Waals surface area (Å²) in [5, 5.41) is 12.4. The van der Waals surface area contributed by atoms with Gasteiger partial charge in [0.1, 0.15) is 18.2 Å². The van der Waals surface area contributed by atoms with E-state index in [9.17, 15) is 0 Å². The second kappa shape index (κ2) is 9.23. The van der Waals surface area contributed by atoms with Crippen LogP contribution < -0.4 is 10.1 Å². The van der Waals surface area contributed by atoms with E-state index in [1.165, 1.54) is 0 Å². The first-order chi connectivity index (χ1) is 13.2. The van der Waals surface area contributed by atoms with E-state index in [2.05, 4.69) is 20.5 Å². The molecular formula is C19H23ClN6O. The molecule has 0 spiro atoms. The van der Waals surface area contributed by atoms with Crippen LogP contribution in [0.1, 0.15) is 5.82 Å². The van der Waals surface area contributed by atoms with E-state index in [0.29, 0.717) is 24.7 Å². The zero-order valence-corrected chi connectivity index (χ0v) is 16.2. The third-order valence-corrected chi connectivity index (χ3v) is 4.32. The highest BCUT2D eigenvalue weighted by Gasteiger charge is 2.08. The van der Waals surface area contributed by atoms with Gasteiger partial charge in [-0.15, -0.1) is 10.2 Å². The molecule has 0 radical (unpaired) electrons. The number of nitrogens with one attached hydrogen (secondary N) is 1. The van der Waals surface area contributed by atoms with Gasteiger partial charge in [0, 0.05) is 38.3 Å². The monoisotopic (exact) mass is 386 g/mol. The van der Waals surface area contributed by atoms with Crippen LogP contribution in [-0.4, -0.2) is 59.2 Å². The highest BCUT2D eigenvalue weighted by atomic mass is 35.5. The van der Waals surface area contributed by atoms with E-state index < -0.39 is 0 Å². The highest BCUT2D eigenvalue weighted by molar-refractivity contribution is 6.30. The fourth-order valence-electron chi connectivity index (χ4n) is 2.70. The zero-order chi connectivity index (χ0) is 19.1. The van der Waals surface area contributed by atoms with E-state index >= 15 is 0 Å². The number of hydrogen-bond donors (Lipinski definition) is 1. The second-order valence-corrected chi connectivity index (χ2v) is 6.43. The molecule has 142 valence electrons. The van der Waals surface area contributed by atoms with E-state index in [0.717, 1.165) is 29.6 Å². The van der Waals surface area contributed by atoms with E-state index in [1.54, 1.807) is 13.1 Å². The second-order valence-electron chi connectivity index (χ2n) is 6.00. The molecule has 27 heavy (non-hydrogen) atoms. The summed E-state index contributed by atoms with van der Waals surface area (Å²) in [4.78, 5) is 6.34. The molecule has 8 heteroatoms. The summed E-state index contributed by atoms with van der Waals surface area (Å²) in [5.74, 6) is 2.48. The van der Waals surface area contributed by atoms with Crippen molar-refractivity contribution in [3.63, 3.8) is 0 Å². The largest absolute Gasteiger partial charge is 0.492 e. The number of aromatic nitrogens is 3. The first-order valence-corrected chi connectivity index (χ1v) is 9.14. The maximum atomic E-state index is 5.96. The van der Waals surface area contributed by atoms with Crippen molar-refractivity contribution in [1.82, 2.24) is 24.8 Å². The number of fused-ring (bicyclic) bond motifs is 1. The number of likely N-dealkylation sites (N-methyl/N-ethyl adjacent to an activating group) is 1. The summed E-state index contributed by atoms with van der Waals surface area (Å²) in [7, 11) is 3.74. The number of ether oxygens (including phenoxy) is 1. The van der Waals surface area contributed by atoms with Crippen LogP contribution in [0.15, 0.2) is 53.7 Å². The first kappa shape index (κ1) is 19.0. The van der Waals surface area contributed by atoms with Crippen LogP contribution >= 0.6 is 11.6 Å². The quantitative estimate of drug-likeness (QED) is 0.499. The predicted molar refractivity (Wildman–Crippen MR) is 108 cm³/mol. The number of guanidine groups is 1. The lowest BCUT2D eigenvalue weighted by Crippen LogP contribution is -2.41. The molecule has 2 heterocycles. The van der Waals surface area contributed by atoms with Crippen molar-refractivity contribution >= 4 is 23.2 Å². The normalized spacial score (nSPS) is 11.6. The van der Waals surface area contributed by atoms with Crippen LogP contribution in [0, 0.1) is 0 Å². The van der Waals surface area contributed by atoms with Crippen molar-refractivity contribution in [2.45, 2.75) is 6.42 Å². The minimum atomic E-state index is 0.534. The molecule has 0 aliphatic carbocycles. The SMILES string of the molecule is CN=C(NCCc1nnc2ccccn12)N(C)CCOc1cccc(Cl)c1. The lowest BCUT2D eigenvalue weighted by Gasteiger charge is -2.22. The van der Waals surface area contributed by atoms with Gasteiger partial charge in [-0.3, -0.25) is 9.39 Å². The fourth-order valence-corrected chi connectivity index (χ4v) is 2.88. The Morgan fingerprint density at radius 1 is 1.26 bits per heavy atom. The Balaban J connectivity index is 1.45. The first-order valence-electron chi connectivity index (χ1n) is 8.76. The van der Waals surface area contributed by atoms with Crippen LogP contribution in [0.5, 0.6) is 5.75 Å². The molecule has 1 N–H and O–H groups in total. The maximum Gasteiger partial charge on any atom is 0.193 e. The summed E-state index contributed by atoms with van der Waals surface area (Å²) in [6, 6.07) is 13.3. The van der Waals surface area contributed by atoms with Crippen molar-refractivity contribution in [2.24, 2.45) is 4.99 Å². The van der Waals surface area contributed by atoms with Gasteiger partial charge < -0.3 is 15.0 Å². The number of benzene rings is 1. The van der Waals surface area contributed by atoms with Crippen LogP contribution in [0.4, 0.5) is 0 Å². The van der Waals surface area contributed by atoms with Crippen molar-refractivity contribution in [3.05, 3.63) is 59.5 Å². The Kier molecular flexibility index (Phi) is 6.49. The number of aliphatic imine (C=N–C) groups is 1. The highest BCUT2D eigenvalue weighted by Crippen LogP contribution is 2.16. The predicted octanol–water partition coefficient (Wildman–Crippen LogP) is 2.51. The van der Waals surface area contributed by atoms with Gasteiger partial charge in [0.15, 0.2) is 11.6 Å². The molecular weight excluding hydrogens is 364 g/mol. The van der Waals surface area contributed by atoms with Gasteiger partial charge in [-0.1, -0.05) is 23.7 Å². The minimum Gasteiger partial charge on any atom is -0.492 e. The number of hydrogen-bond acceptors (Lipinski definition) is 4. The van der Waals surface area contributed by atoms with Gasteiger partial charge in [-0.05, 0) is 30.3 Å². The average Bonchev–Trinajstić information content (AvgIpc) is 3.08. The average molecular weight is 387 g/mol. The van der Waals surface area contributed by atoms with Crippen LogP contribution in [0.2, 0.25) is 5.02 Å². The van der Waals surface area contributed by atoms with Crippen molar-refractivity contribution in [1.29, 1.82) is 0 Å². The van der Waals surface area contributed by atoms with E-state index in [-0.39, 0.29) is 0 Å². The molecule has 0 bridgehead atoms. The third-order valence-electron chi connectivity index (χ3n) is 4.08. The molecule has 3 aromatic rings. The molecule has 2 aromatic heterocycles. The number of rotatable bonds is 7. The Labute approximate surface area is 163 Å². The summed E-state index contributed by atoms with van der Waals surface area (Å²) >= 11 is 5.96. The number of nitrogens with zero attached hydrogens (tertiary/aromatic N) is 5. The molecule has 7 nitrogen and oxygen atoms in total. The number of halogens is 1. The summed E-state index contributed by atoms with van der Waals surface area (Å²) in [5.41, 5.74) is 0.854. The number of pyridine rings is 1. The molecule has 0 saturated heterocycles. The Morgan fingerprint density at radius 2 is 2.15 bits per heavy atom. The van der Waals surface area contributed by atoms with Crippen molar-refractivity contribution < 1.29 is 4.74 Å². The van der Waals surface area contributed by atoms with Crippen LogP contribution in [0.25, 0.3) is 5.65 Å². The fraction of sp³-hybridized carbons (Fsp3) is 0.316. The molecule has 0 saturated carbocycles. The van der Waals surface area contributed by atoms with Gasteiger partial charge >= 0.3 is 0 Å². The van der Waals surface area contributed by atoms with E-state index in [4.69, 9.17) is 16.3 Å². The molecule has 0 aliphatic rings. The molecule has 0 fully saturated rings. The van der Waals surface area contributed by atoms with Gasteiger partial charge in [-0.2, -0.15) is 0 Å². The van der Waals surface area contributed by atoms with Crippen LogP contribution in [-0.2, 0) is 6.42 Å². The van der Waals surface area contributed by atoms with Gasteiger partial charge in [0.05, 0.1) is 6.54 Å². The minimum absolute atomic E-state index is 0.534. The van der Waals surface area contributed by atoms with Crippen LogP contribution in [0.3, 0.4) is 0 Å². The zero-order valence-electron chi connectivity index (χ0n) is 15.5. The molecule has 0 aliphatic heterocycles.